The summed E-state index contributed by atoms with van der Waals surface area (Å²) < 4.78 is 15.7. The second-order valence-corrected chi connectivity index (χ2v) is 8.20. The Kier molecular flexibility index (Phi) is 7.80. The summed E-state index contributed by atoms with van der Waals surface area (Å²) in [6, 6.07) is 7.28. The number of rotatable bonds is 8. The molecule has 1 saturated heterocycles. The van der Waals surface area contributed by atoms with Gasteiger partial charge in [0.15, 0.2) is 6.29 Å². The van der Waals surface area contributed by atoms with Crippen LogP contribution in [-0.4, -0.2) is 56.1 Å². The third kappa shape index (κ3) is 6.43. The third-order valence-electron chi connectivity index (χ3n) is 4.70. The number of carbonyl (C=O) groups excluding carboxylic acids is 3. The Balaban J connectivity index is 2.15. The van der Waals surface area contributed by atoms with Gasteiger partial charge in [-0.2, -0.15) is 0 Å². The second kappa shape index (κ2) is 9.90. The second-order valence-electron chi connectivity index (χ2n) is 8.20. The zero-order valence-corrected chi connectivity index (χ0v) is 18.2. The molecule has 166 valence electrons. The van der Waals surface area contributed by atoms with Crippen molar-refractivity contribution in [3.63, 3.8) is 0 Å². The van der Waals surface area contributed by atoms with Gasteiger partial charge in [-0.05, 0) is 38.8 Å². The van der Waals surface area contributed by atoms with Crippen LogP contribution in [0.4, 0.5) is 10.5 Å². The van der Waals surface area contributed by atoms with Crippen LogP contribution in [0.2, 0.25) is 0 Å². The number of hydrogen-bond acceptors (Lipinski definition) is 6. The summed E-state index contributed by atoms with van der Waals surface area (Å²) in [5, 5.41) is 8.20. The number of alkyl carbamates (subject to hydrolysis) is 1. The van der Waals surface area contributed by atoms with E-state index in [1.807, 2.05) is 12.1 Å². The number of para-hydroxylation sites is 1. The fraction of sp³-hybridized carbons (Fsp3) is 0.571. The van der Waals surface area contributed by atoms with Crippen molar-refractivity contribution >= 4 is 23.6 Å². The Hall–Kier alpha value is -2.65. The monoisotopic (exact) mass is 421 g/mol. The molecule has 3 N–H and O–H groups in total. The lowest BCUT2D eigenvalue weighted by Crippen LogP contribution is -2.59. The van der Waals surface area contributed by atoms with E-state index in [-0.39, 0.29) is 25.3 Å². The Morgan fingerprint density at radius 1 is 1.20 bits per heavy atom. The lowest BCUT2D eigenvalue weighted by atomic mass is 9.95. The van der Waals surface area contributed by atoms with E-state index in [1.165, 1.54) is 0 Å². The highest BCUT2D eigenvalue weighted by Crippen LogP contribution is 2.25. The maximum atomic E-state index is 13.2. The van der Waals surface area contributed by atoms with Gasteiger partial charge in [-0.25, -0.2) is 4.79 Å². The van der Waals surface area contributed by atoms with Gasteiger partial charge >= 0.3 is 6.09 Å². The topological polar surface area (TPSA) is 115 Å². The van der Waals surface area contributed by atoms with Crippen LogP contribution >= 0.6 is 0 Å². The maximum Gasteiger partial charge on any atom is 0.407 e. The lowest BCUT2D eigenvalue weighted by molar-refractivity contribution is -0.126. The molecule has 0 radical (unpaired) electrons. The molecule has 2 rings (SSSR count). The van der Waals surface area contributed by atoms with Crippen LogP contribution in [0.15, 0.2) is 24.3 Å². The van der Waals surface area contributed by atoms with E-state index in [4.69, 9.17) is 14.2 Å². The van der Waals surface area contributed by atoms with Crippen LogP contribution in [0.5, 0.6) is 0 Å². The molecular weight excluding hydrogens is 390 g/mol. The van der Waals surface area contributed by atoms with Gasteiger partial charge in [-0.1, -0.05) is 18.2 Å². The fourth-order valence-electron chi connectivity index (χ4n) is 3.14. The standard InChI is InChI=1S/C21H31N3O6/c1-20(2,3)30-19(27)22-13-21(11-10-16(25)24-21)18(26)23-15-9-7-6-8-14(15)12-17(28-4)29-5/h6-9,17H,10-13H2,1-5H3,(H,22,27)(H,23,26)(H,24,25). The zero-order chi connectivity index (χ0) is 22.4. The molecule has 0 saturated carbocycles. The quantitative estimate of drug-likeness (QED) is 0.553. The van der Waals surface area contributed by atoms with Gasteiger partial charge in [0.05, 0.1) is 6.54 Å². The van der Waals surface area contributed by atoms with E-state index in [9.17, 15) is 14.4 Å². The van der Waals surface area contributed by atoms with E-state index in [0.717, 1.165) is 5.56 Å². The van der Waals surface area contributed by atoms with Crippen molar-refractivity contribution in [1.29, 1.82) is 0 Å². The number of carbonyl (C=O) groups is 3. The van der Waals surface area contributed by atoms with Crippen molar-refractivity contribution in [3.05, 3.63) is 29.8 Å². The Bertz CT molecular complexity index is 772. The minimum Gasteiger partial charge on any atom is -0.444 e. The van der Waals surface area contributed by atoms with Gasteiger partial charge in [0.1, 0.15) is 11.1 Å². The number of ether oxygens (including phenoxy) is 3. The Morgan fingerprint density at radius 2 is 1.87 bits per heavy atom. The minimum atomic E-state index is -1.26. The van der Waals surface area contributed by atoms with Crippen molar-refractivity contribution in [3.8, 4) is 0 Å². The Labute approximate surface area is 176 Å². The van der Waals surface area contributed by atoms with E-state index in [0.29, 0.717) is 12.1 Å². The van der Waals surface area contributed by atoms with E-state index < -0.39 is 29.4 Å². The summed E-state index contributed by atoms with van der Waals surface area (Å²) in [6.45, 7) is 5.16. The first kappa shape index (κ1) is 23.6. The largest absolute Gasteiger partial charge is 0.444 e. The number of amides is 3. The Morgan fingerprint density at radius 3 is 2.43 bits per heavy atom. The highest BCUT2D eigenvalue weighted by molar-refractivity contribution is 6.03. The molecule has 0 aromatic heterocycles. The van der Waals surface area contributed by atoms with E-state index in [2.05, 4.69) is 16.0 Å². The molecular formula is C21H31N3O6. The molecule has 1 aromatic carbocycles. The molecule has 1 unspecified atom stereocenters. The number of benzene rings is 1. The van der Waals surface area contributed by atoms with Gasteiger partial charge in [0, 0.05) is 32.7 Å². The summed E-state index contributed by atoms with van der Waals surface area (Å²) in [7, 11) is 3.08. The van der Waals surface area contributed by atoms with Crippen LogP contribution in [0.1, 0.15) is 39.2 Å². The van der Waals surface area contributed by atoms with Crippen molar-refractivity contribution < 1.29 is 28.6 Å². The molecule has 0 spiro atoms. The van der Waals surface area contributed by atoms with Gasteiger partial charge in [0.25, 0.3) is 5.91 Å². The molecule has 1 aliphatic heterocycles. The van der Waals surface area contributed by atoms with Crippen LogP contribution in [0, 0.1) is 0 Å². The third-order valence-corrected chi connectivity index (χ3v) is 4.70. The van der Waals surface area contributed by atoms with Gasteiger partial charge in [0.2, 0.25) is 5.91 Å². The molecule has 3 amide bonds. The van der Waals surface area contributed by atoms with Crippen LogP contribution < -0.4 is 16.0 Å². The molecule has 9 heteroatoms. The highest BCUT2D eigenvalue weighted by Gasteiger charge is 2.45. The average Bonchev–Trinajstić information content (AvgIpc) is 3.06. The first-order chi connectivity index (χ1) is 14.1. The lowest BCUT2D eigenvalue weighted by Gasteiger charge is -2.29. The summed E-state index contributed by atoms with van der Waals surface area (Å²) >= 11 is 0. The molecule has 1 fully saturated rings. The molecule has 9 nitrogen and oxygen atoms in total. The first-order valence-electron chi connectivity index (χ1n) is 9.81. The van der Waals surface area contributed by atoms with Crippen molar-refractivity contribution in [2.75, 3.05) is 26.1 Å². The van der Waals surface area contributed by atoms with Crippen LogP contribution in [0.3, 0.4) is 0 Å². The number of methoxy groups -OCH3 is 2. The average molecular weight is 421 g/mol. The van der Waals surface area contributed by atoms with Crippen molar-refractivity contribution in [2.24, 2.45) is 0 Å². The normalized spacial score (nSPS) is 18.8. The van der Waals surface area contributed by atoms with Crippen LogP contribution in [-0.2, 0) is 30.2 Å². The molecule has 1 heterocycles. The minimum absolute atomic E-state index is 0.0829. The highest BCUT2D eigenvalue weighted by atomic mass is 16.7. The molecule has 1 atom stereocenters. The smallest absolute Gasteiger partial charge is 0.407 e. The summed E-state index contributed by atoms with van der Waals surface area (Å²) in [5.41, 5.74) is -0.530. The molecule has 0 bridgehead atoms. The summed E-state index contributed by atoms with van der Waals surface area (Å²) in [5.74, 6) is -0.661. The van der Waals surface area contributed by atoms with Gasteiger partial charge in [-0.15, -0.1) is 0 Å². The maximum absolute atomic E-state index is 13.2. The molecule has 0 aliphatic carbocycles. The van der Waals surface area contributed by atoms with Gasteiger partial charge < -0.3 is 30.2 Å². The first-order valence-corrected chi connectivity index (χ1v) is 9.81. The van der Waals surface area contributed by atoms with Crippen molar-refractivity contribution in [1.82, 2.24) is 10.6 Å². The molecule has 1 aromatic rings. The SMILES string of the molecule is COC(Cc1ccccc1NC(=O)C1(CNC(=O)OC(C)(C)C)CCC(=O)N1)OC. The predicted molar refractivity (Wildman–Crippen MR) is 111 cm³/mol. The van der Waals surface area contributed by atoms with Gasteiger partial charge in [-0.3, -0.25) is 9.59 Å². The van der Waals surface area contributed by atoms with E-state index in [1.54, 1.807) is 47.1 Å². The van der Waals surface area contributed by atoms with Crippen LogP contribution in [0.25, 0.3) is 0 Å². The summed E-state index contributed by atoms with van der Waals surface area (Å²) in [4.78, 5) is 37.1. The fourth-order valence-corrected chi connectivity index (χ4v) is 3.14. The summed E-state index contributed by atoms with van der Waals surface area (Å²) in [6.07, 6.45) is -0.232. The number of nitrogens with one attached hydrogen (secondary N) is 3. The number of anilines is 1. The molecule has 1 aliphatic rings. The van der Waals surface area contributed by atoms with Crippen molar-refractivity contribution in [2.45, 2.75) is 57.5 Å². The number of hydrogen-bond donors (Lipinski definition) is 3. The predicted octanol–water partition coefficient (Wildman–Crippen LogP) is 1.96. The molecule has 30 heavy (non-hydrogen) atoms. The van der Waals surface area contributed by atoms with E-state index >= 15 is 0 Å². The zero-order valence-electron chi connectivity index (χ0n) is 18.2.